The van der Waals surface area contributed by atoms with Crippen molar-refractivity contribution in [3.05, 3.63) is 83.5 Å². The molecule has 1 aliphatic rings. The van der Waals surface area contributed by atoms with Crippen molar-refractivity contribution < 1.29 is 13.2 Å². The predicted molar refractivity (Wildman–Crippen MR) is 135 cm³/mol. The number of halogens is 1. The Bertz CT molecular complexity index is 1230. The van der Waals surface area contributed by atoms with Gasteiger partial charge in [-0.3, -0.25) is 4.90 Å². The number of piperidine rings is 1. The molecule has 1 saturated heterocycles. The van der Waals surface area contributed by atoms with Gasteiger partial charge in [-0.2, -0.15) is 4.31 Å². The first-order valence-corrected chi connectivity index (χ1v) is 13.1. The zero-order valence-electron chi connectivity index (χ0n) is 18.9. The van der Waals surface area contributed by atoms with E-state index in [9.17, 15) is 13.2 Å². The fraction of sp³-hybridized carbons (Fsp3) is 0.280. The Morgan fingerprint density at radius 3 is 2.35 bits per heavy atom. The first-order valence-electron chi connectivity index (χ1n) is 11.2. The zero-order chi connectivity index (χ0) is 24.1. The lowest BCUT2D eigenvalue weighted by molar-refractivity contribution is 0.248. The molecule has 0 radical (unpaired) electrons. The highest BCUT2D eigenvalue weighted by molar-refractivity contribution is 7.89. The number of carbonyl (C=O) groups excluding carboxylic acids is 1. The Labute approximate surface area is 205 Å². The number of para-hydroxylation sites is 1. The summed E-state index contributed by atoms with van der Waals surface area (Å²) in [4.78, 5) is 19.6. The maximum Gasteiger partial charge on any atom is 0.327 e. The van der Waals surface area contributed by atoms with E-state index in [1.807, 2.05) is 25.1 Å². The quantitative estimate of drug-likeness (QED) is 0.507. The van der Waals surface area contributed by atoms with Crippen LogP contribution < -0.4 is 10.2 Å². The molecule has 1 aliphatic heterocycles. The van der Waals surface area contributed by atoms with Gasteiger partial charge < -0.3 is 5.32 Å². The lowest BCUT2D eigenvalue weighted by Gasteiger charge is -2.37. The molecule has 0 saturated carbocycles. The molecule has 1 N–H and O–H groups in total. The zero-order valence-corrected chi connectivity index (χ0v) is 20.5. The van der Waals surface area contributed by atoms with E-state index in [0.717, 1.165) is 12.0 Å². The number of anilines is 2. The lowest BCUT2D eigenvalue weighted by atomic mass is 10.0. The fourth-order valence-corrected chi connectivity index (χ4v) is 5.73. The summed E-state index contributed by atoms with van der Waals surface area (Å²) in [5, 5.41) is 3.30. The number of hydrogen-bond donors (Lipinski definition) is 1. The van der Waals surface area contributed by atoms with Gasteiger partial charge in [0.25, 0.3) is 0 Å². The number of urea groups is 1. The Morgan fingerprint density at radius 1 is 1.06 bits per heavy atom. The van der Waals surface area contributed by atoms with Crippen molar-refractivity contribution in [3.8, 4) is 0 Å². The van der Waals surface area contributed by atoms with Crippen molar-refractivity contribution in [3.63, 3.8) is 0 Å². The number of nitrogens with one attached hydrogen (secondary N) is 1. The highest BCUT2D eigenvalue weighted by Crippen LogP contribution is 2.28. The maximum atomic E-state index is 13.3. The van der Waals surface area contributed by atoms with Crippen molar-refractivity contribution in [2.75, 3.05) is 23.3 Å². The molecule has 34 heavy (non-hydrogen) atoms. The van der Waals surface area contributed by atoms with Crippen LogP contribution >= 0.6 is 11.6 Å². The molecule has 4 rings (SSSR count). The van der Waals surface area contributed by atoms with Gasteiger partial charge in [-0.1, -0.05) is 48.9 Å². The summed E-state index contributed by atoms with van der Waals surface area (Å²) in [6.45, 7) is 2.65. The van der Waals surface area contributed by atoms with Crippen LogP contribution in [0.4, 0.5) is 16.3 Å². The number of nitrogens with zero attached hydrogens (tertiary/aromatic N) is 3. The summed E-state index contributed by atoms with van der Waals surface area (Å²) in [5.74, 6) is 0.503. The van der Waals surface area contributed by atoms with Crippen molar-refractivity contribution in [2.45, 2.75) is 37.1 Å². The van der Waals surface area contributed by atoms with E-state index in [0.29, 0.717) is 47.4 Å². The van der Waals surface area contributed by atoms with E-state index in [4.69, 9.17) is 11.6 Å². The maximum absolute atomic E-state index is 13.3. The van der Waals surface area contributed by atoms with Gasteiger partial charge in [0.05, 0.1) is 15.6 Å². The number of rotatable bonds is 6. The summed E-state index contributed by atoms with van der Waals surface area (Å²) >= 11 is 6.23. The molecule has 2 aromatic carbocycles. The molecule has 7 nitrogen and oxygen atoms in total. The van der Waals surface area contributed by atoms with Crippen molar-refractivity contribution >= 4 is 39.2 Å². The van der Waals surface area contributed by atoms with Crippen LogP contribution in [-0.2, 0) is 16.4 Å². The van der Waals surface area contributed by atoms with Gasteiger partial charge in [0.1, 0.15) is 5.82 Å². The SMILES string of the molecule is CCc1ccc(S(=O)(=O)N2CCC(N(C(=O)Nc3ccccc3Cl)c3ccccn3)CC2)cc1. The van der Waals surface area contributed by atoms with Gasteiger partial charge in [0, 0.05) is 25.3 Å². The number of hydrogen-bond acceptors (Lipinski definition) is 4. The van der Waals surface area contributed by atoms with Gasteiger partial charge in [-0.25, -0.2) is 18.2 Å². The van der Waals surface area contributed by atoms with Crippen LogP contribution in [0.2, 0.25) is 5.02 Å². The van der Waals surface area contributed by atoms with Crippen LogP contribution in [0, 0.1) is 0 Å². The molecule has 0 spiro atoms. The van der Waals surface area contributed by atoms with Crippen LogP contribution in [-0.4, -0.2) is 42.9 Å². The lowest BCUT2D eigenvalue weighted by Crippen LogP contribution is -2.50. The highest BCUT2D eigenvalue weighted by atomic mass is 35.5. The van der Waals surface area contributed by atoms with E-state index in [1.54, 1.807) is 59.6 Å². The average molecular weight is 499 g/mol. The standard InChI is InChI=1S/C25H27ClN4O3S/c1-2-19-10-12-21(13-11-19)34(32,33)29-17-14-20(15-18-29)30(24-9-5-6-16-27-24)25(31)28-23-8-4-3-7-22(23)26/h3-13,16,20H,2,14-15,17-18H2,1H3,(H,28,31). The minimum absolute atomic E-state index is 0.216. The summed E-state index contributed by atoms with van der Waals surface area (Å²) < 4.78 is 27.8. The Hall–Kier alpha value is -2.94. The molecule has 0 unspecified atom stereocenters. The number of pyridine rings is 1. The van der Waals surface area contributed by atoms with Crippen LogP contribution in [0.25, 0.3) is 0 Å². The Morgan fingerprint density at radius 2 is 1.74 bits per heavy atom. The van der Waals surface area contributed by atoms with Crippen LogP contribution in [0.15, 0.2) is 77.8 Å². The predicted octanol–water partition coefficient (Wildman–Crippen LogP) is 5.19. The molecule has 1 aromatic heterocycles. The summed E-state index contributed by atoms with van der Waals surface area (Å²) in [7, 11) is -3.59. The van der Waals surface area contributed by atoms with Crippen LogP contribution in [0.1, 0.15) is 25.3 Å². The molecule has 3 aromatic rings. The monoisotopic (exact) mass is 498 g/mol. The van der Waals surface area contributed by atoms with Gasteiger partial charge in [0.15, 0.2) is 0 Å². The highest BCUT2D eigenvalue weighted by Gasteiger charge is 2.34. The van der Waals surface area contributed by atoms with Gasteiger partial charge in [0.2, 0.25) is 10.0 Å². The number of benzene rings is 2. The molecule has 0 aliphatic carbocycles. The molecule has 1 fully saturated rings. The fourth-order valence-electron chi connectivity index (χ4n) is 4.08. The van der Waals surface area contributed by atoms with E-state index in [1.165, 1.54) is 4.31 Å². The van der Waals surface area contributed by atoms with Gasteiger partial charge in [-0.15, -0.1) is 0 Å². The smallest absolute Gasteiger partial charge is 0.306 e. The third kappa shape index (κ3) is 5.24. The summed E-state index contributed by atoms with van der Waals surface area (Å²) in [5.41, 5.74) is 1.60. The molecular formula is C25H27ClN4O3S. The Kier molecular flexibility index (Phi) is 7.50. The number of sulfonamides is 1. The largest absolute Gasteiger partial charge is 0.327 e. The third-order valence-corrected chi connectivity index (χ3v) is 8.23. The minimum Gasteiger partial charge on any atom is -0.306 e. The van der Waals surface area contributed by atoms with E-state index in [2.05, 4.69) is 10.3 Å². The molecule has 2 heterocycles. The average Bonchev–Trinajstić information content (AvgIpc) is 2.86. The molecular weight excluding hydrogens is 472 g/mol. The minimum atomic E-state index is -3.59. The normalized spacial score (nSPS) is 15.1. The molecule has 2 amide bonds. The van der Waals surface area contributed by atoms with Crippen molar-refractivity contribution in [2.24, 2.45) is 0 Å². The van der Waals surface area contributed by atoms with Gasteiger partial charge >= 0.3 is 6.03 Å². The van der Waals surface area contributed by atoms with Crippen molar-refractivity contribution in [1.29, 1.82) is 0 Å². The Balaban J connectivity index is 1.51. The number of aryl methyl sites for hydroxylation is 1. The van der Waals surface area contributed by atoms with Crippen LogP contribution in [0.5, 0.6) is 0 Å². The topological polar surface area (TPSA) is 82.6 Å². The summed E-state index contributed by atoms with van der Waals surface area (Å²) in [6.07, 6.45) is 3.45. The number of aromatic nitrogens is 1. The van der Waals surface area contributed by atoms with Crippen LogP contribution in [0.3, 0.4) is 0 Å². The summed E-state index contributed by atoms with van der Waals surface area (Å²) in [6, 6.07) is 18.8. The molecule has 9 heteroatoms. The van der Waals surface area contributed by atoms with E-state index in [-0.39, 0.29) is 12.1 Å². The molecule has 0 bridgehead atoms. The first-order chi connectivity index (χ1) is 16.4. The molecule has 178 valence electrons. The second kappa shape index (κ2) is 10.5. The third-order valence-electron chi connectivity index (χ3n) is 5.99. The second-order valence-electron chi connectivity index (χ2n) is 8.10. The van der Waals surface area contributed by atoms with Crippen molar-refractivity contribution in [1.82, 2.24) is 9.29 Å². The molecule has 0 atom stereocenters. The number of carbonyl (C=O) groups is 1. The van der Waals surface area contributed by atoms with E-state index < -0.39 is 10.0 Å². The first kappa shape index (κ1) is 24.2. The van der Waals surface area contributed by atoms with E-state index >= 15 is 0 Å². The van der Waals surface area contributed by atoms with Gasteiger partial charge in [-0.05, 0) is 61.2 Å². The number of amides is 2. The second-order valence-corrected chi connectivity index (χ2v) is 10.4.